The van der Waals surface area contributed by atoms with Crippen LogP contribution in [0, 0.1) is 11.2 Å². The predicted octanol–water partition coefficient (Wildman–Crippen LogP) is 7.04. The van der Waals surface area contributed by atoms with E-state index in [0.29, 0.717) is 74.4 Å². The number of carboxylic acids is 1. The van der Waals surface area contributed by atoms with E-state index in [1.807, 2.05) is 11.8 Å². The summed E-state index contributed by atoms with van der Waals surface area (Å²) in [5.41, 5.74) is 7.39. The molecule has 2 atom stereocenters. The number of alkyl halides is 3. The minimum absolute atomic E-state index is 0.103. The van der Waals surface area contributed by atoms with Crippen LogP contribution in [0.3, 0.4) is 0 Å². The van der Waals surface area contributed by atoms with Crippen molar-refractivity contribution in [1.82, 2.24) is 15.3 Å². The molecule has 0 amide bonds. The first-order valence-electron chi connectivity index (χ1n) is 16.2. The van der Waals surface area contributed by atoms with Crippen molar-refractivity contribution < 1.29 is 36.9 Å². The lowest BCUT2D eigenvalue weighted by Crippen LogP contribution is -2.41. The number of nitrogens with zero attached hydrogens (tertiary/aromatic N) is 3. The molecule has 2 unspecified atom stereocenters. The van der Waals surface area contributed by atoms with Gasteiger partial charge in [-0.1, -0.05) is 55.5 Å². The van der Waals surface area contributed by atoms with Gasteiger partial charge < -0.3 is 30.5 Å². The lowest BCUT2D eigenvalue weighted by atomic mass is 9.76. The number of carboxylic acid groups (broad SMARTS) is 1. The molecule has 49 heavy (non-hydrogen) atoms. The number of rotatable bonds is 10. The number of benzene rings is 3. The van der Waals surface area contributed by atoms with Gasteiger partial charge in [-0.2, -0.15) is 23.1 Å². The van der Waals surface area contributed by atoms with E-state index in [9.17, 15) is 27.5 Å². The Bertz CT molecular complexity index is 1800. The molecule has 3 heterocycles. The molecule has 1 spiro atoms. The van der Waals surface area contributed by atoms with Crippen LogP contribution in [0.4, 0.5) is 29.3 Å². The highest BCUT2D eigenvalue weighted by atomic mass is 19.4. The van der Waals surface area contributed by atoms with Gasteiger partial charge in [0, 0.05) is 31.3 Å². The maximum Gasteiger partial charge on any atom is 0.429 e. The highest BCUT2D eigenvalue weighted by Crippen LogP contribution is 2.44. The van der Waals surface area contributed by atoms with Gasteiger partial charge in [0.1, 0.15) is 11.9 Å². The Labute approximate surface area is 281 Å². The van der Waals surface area contributed by atoms with Crippen LogP contribution in [0.2, 0.25) is 0 Å². The second-order valence-electron chi connectivity index (χ2n) is 12.6. The van der Waals surface area contributed by atoms with Crippen LogP contribution < -0.4 is 25.4 Å². The SMILES string of the molecule is CCCOc1ccc(-c2ccc(C(Oc3cc(N4CCC5(CC4)CNC(C(=O)O)C5)nc(N)n3)C(F)(F)F)c(-c3ccccc3)c2)cc1F. The summed E-state index contributed by atoms with van der Waals surface area (Å²) in [4.78, 5) is 21.7. The number of halogens is 4. The summed E-state index contributed by atoms with van der Waals surface area (Å²) in [5, 5.41) is 12.5. The average Bonchev–Trinajstić information content (AvgIpc) is 3.50. The third-order valence-corrected chi connectivity index (χ3v) is 9.20. The van der Waals surface area contributed by atoms with E-state index in [-0.39, 0.29) is 34.1 Å². The fraction of sp³-hybridized carbons (Fsp3) is 0.361. The first kappa shape index (κ1) is 34.0. The van der Waals surface area contributed by atoms with Crippen molar-refractivity contribution in [3.63, 3.8) is 0 Å². The second-order valence-corrected chi connectivity index (χ2v) is 12.6. The molecule has 0 aliphatic carbocycles. The lowest BCUT2D eigenvalue weighted by Gasteiger charge is -2.39. The zero-order valence-corrected chi connectivity index (χ0v) is 26.8. The Morgan fingerprint density at radius 2 is 1.76 bits per heavy atom. The number of piperidine rings is 1. The molecule has 2 aliphatic heterocycles. The van der Waals surface area contributed by atoms with Gasteiger partial charge in [-0.3, -0.25) is 4.79 Å². The van der Waals surface area contributed by atoms with E-state index in [0.717, 1.165) is 0 Å². The Kier molecular flexibility index (Phi) is 9.64. The third kappa shape index (κ3) is 7.56. The van der Waals surface area contributed by atoms with Gasteiger partial charge in [0.15, 0.2) is 11.6 Å². The minimum Gasteiger partial charge on any atom is -0.491 e. The zero-order valence-electron chi connectivity index (χ0n) is 26.8. The molecule has 1 aromatic heterocycles. The Hall–Kier alpha value is -4.91. The fourth-order valence-corrected chi connectivity index (χ4v) is 6.60. The molecular formula is C36H37F4N5O4. The van der Waals surface area contributed by atoms with Crippen molar-refractivity contribution >= 4 is 17.7 Å². The molecule has 258 valence electrons. The summed E-state index contributed by atoms with van der Waals surface area (Å²) in [6, 6.07) is 18.2. The van der Waals surface area contributed by atoms with Gasteiger partial charge in [-0.15, -0.1) is 0 Å². The topological polar surface area (TPSA) is 123 Å². The molecule has 3 aromatic carbocycles. The number of ether oxygens (including phenoxy) is 2. The molecule has 2 saturated heterocycles. The molecule has 4 N–H and O–H groups in total. The molecule has 0 saturated carbocycles. The van der Waals surface area contributed by atoms with E-state index in [4.69, 9.17) is 15.2 Å². The predicted molar refractivity (Wildman–Crippen MR) is 177 cm³/mol. The Morgan fingerprint density at radius 1 is 1.04 bits per heavy atom. The van der Waals surface area contributed by atoms with E-state index in [1.165, 1.54) is 30.3 Å². The molecule has 4 aromatic rings. The molecule has 13 heteroatoms. The third-order valence-electron chi connectivity index (χ3n) is 9.20. The number of aliphatic carboxylic acids is 1. The number of aromatic nitrogens is 2. The second kappa shape index (κ2) is 13.9. The summed E-state index contributed by atoms with van der Waals surface area (Å²) in [5.74, 6) is -1.61. The van der Waals surface area contributed by atoms with Crippen molar-refractivity contribution in [2.45, 2.75) is 50.9 Å². The van der Waals surface area contributed by atoms with Gasteiger partial charge >= 0.3 is 12.1 Å². The van der Waals surface area contributed by atoms with E-state index >= 15 is 0 Å². The van der Waals surface area contributed by atoms with Crippen LogP contribution in [0.15, 0.2) is 72.8 Å². The summed E-state index contributed by atoms with van der Waals surface area (Å²) in [7, 11) is 0. The maximum absolute atomic E-state index is 14.9. The van der Waals surface area contributed by atoms with Gasteiger partial charge in [0.2, 0.25) is 17.9 Å². The van der Waals surface area contributed by atoms with Crippen molar-refractivity contribution in [2.24, 2.45) is 5.41 Å². The monoisotopic (exact) mass is 679 g/mol. The molecule has 2 aliphatic rings. The number of nitrogens with one attached hydrogen (secondary N) is 1. The van der Waals surface area contributed by atoms with Crippen LogP contribution in [-0.2, 0) is 4.79 Å². The number of hydrogen-bond acceptors (Lipinski definition) is 8. The van der Waals surface area contributed by atoms with Crippen LogP contribution in [-0.4, -0.2) is 59.5 Å². The van der Waals surface area contributed by atoms with E-state index in [2.05, 4.69) is 15.3 Å². The number of hydrogen-bond donors (Lipinski definition) is 3. The Balaban J connectivity index is 1.30. The summed E-state index contributed by atoms with van der Waals surface area (Å²) < 4.78 is 70.7. The molecule has 2 fully saturated rings. The number of nitrogens with two attached hydrogens (primary N) is 1. The van der Waals surface area contributed by atoms with Gasteiger partial charge in [0.25, 0.3) is 0 Å². The molecule has 6 rings (SSSR count). The minimum atomic E-state index is -4.86. The number of carbonyl (C=O) groups is 1. The number of anilines is 2. The van der Waals surface area contributed by atoms with Crippen molar-refractivity contribution in [2.75, 3.05) is 36.9 Å². The van der Waals surface area contributed by atoms with Crippen LogP contribution in [0.5, 0.6) is 11.6 Å². The Morgan fingerprint density at radius 3 is 2.41 bits per heavy atom. The smallest absolute Gasteiger partial charge is 0.429 e. The largest absolute Gasteiger partial charge is 0.491 e. The quantitative estimate of drug-likeness (QED) is 0.152. The first-order valence-corrected chi connectivity index (χ1v) is 16.2. The maximum atomic E-state index is 14.9. The summed E-state index contributed by atoms with van der Waals surface area (Å²) >= 11 is 0. The van der Waals surface area contributed by atoms with Gasteiger partial charge in [-0.05, 0) is 71.6 Å². The summed E-state index contributed by atoms with van der Waals surface area (Å²) in [6.45, 7) is 3.87. The van der Waals surface area contributed by atoms with E-state index in [1.54, 1.807) is 42.5 Å². The number of nitrogen functional groups attached to an aromatic ring is 1. The zero-order chi connectivity index (χ0) is 34.8. The van der Waals surface area contributed by atoms with Crippen molar-refractivity contribution in [3.8, 4) is 33.9 Å². The molecular weight excluding hydrogens is 642 g/mol. The normalized spacial score (nSPS) is 18.0. The molecule has 0 bridgehead atoms. The average molecular weight is 680 g/mol. The highest BCUT2D eigenvalue weighted by Gasteiger charge is 2.46. The molecule has 9 nitrogen and oxygen atoms in total. The van der Waals surface area contributed by atoms with Gasteiger partial charge in [-0.25, -0.2) is 4.39 Å². The van der Waals surface area contributed by atoms with Crippen LogP contribution in [0.25, 0.3) is 22.3 Å². The fourth-order valence-electron chi connectivity index (χ4n) is 6.60. The summed E-state index contributed by atoms with van der Waals surface area (Å²) in [6.07, 6.45) is -4.70. The van der Waals surface area contributed by atoms with Crippen LogP contribution in [0.1, 0.15) is 44.3 Å². The van der Waals surface area contributed by atoms with Crippen molar-refractivity contribution in [1.29, 1.82) is 0 Å². The highest BCUT2D eigenvalue weighted by molar-refractivity contribution is 5.76. The standard InChI is InChI=1S/C36H37F4N5O4/c1-2-16-48-29-11-9-24(18-27(29)37)23-8-10-25(26(17-23)22-6-4-3-5-7-22)32(36(38,39)40)49-31-19-30(43-34(41)44-31)45-14-12-35(13-15-45)20-28(33(46)47)42-21-35/h3-11,17-19,28,32,42H,2,12-16,20-21H2,1H3,(H,46,47)(H2,41,43,44). The lowest BCUT2D eigenvalue weighted by molar-refractivity contribution is -0.198. The molecule has 0 radical (unpaired) electrons. The van der Waals surface area contributed by atoms with E-state index < -0.39 is 30.1 Å². The van der Waals surface area contributed by atoms with Gasteiger partial charge in [0.05, 0.1) is 6.61 Å². The van der Waals surface area contributed by atoms with Crippen molar-refractivity contribution in [3.05, 3.63) is 84.2 Å². The first-order chi connectivity index (χ1) is 23.4. The van der Waals surface area contributed by atoms with Crippen LogP contribution >= 0.6 is 0 Å².